The zero-order valence-electron chi connectivity index (χ0n) is 17.0. The molecule has 5 nitrogen and oxygen atoms in total. The molecule has 2 rings (SSSR count). The van der Waals surface area contributed by atoms with Crippen molar-refractivity contribution in [2.75, 3.05) is 25.0 Å². The smallest absolute Gasteiger partial charge is 0.251 e. The van der Waals surface area contributed by atoms with Crippen molar-refractivity contribution < 1.29 is 9.59 Å². The number of para-hydroxylation sites is 1. The van der Waals surface area contributed by atoms with Crippen molar-refractivity contribution in [1.82, 2.24) is 10.6 Å². The summed E-state index contributed by atoms with van der Waals surface area (Å²) in [4.78, 5) is 24.0. The van der Waals surface area contributed by atoms with Crippen molar-refractivity contribution in [2.45, 2.75) is 39.0 Å². The molecule has 0 fully saturated rings. The maximum atomic E-state index is 12.2. The van der Waals surface area contributed by atoms with Crippen LogP contribution in [0.4, 0.5) is 5.69 Å². The lowest BCUT2D eigenvalue weighted by molar-refractivity contribution is -0.120. The predicted octanol–water partition coefficient (Wildman–Crippen LogP) is 3.72. The van der Waals surface area contributed by atoms with Gasteiger partial charge in [0.2, 0.25) is 5.91 Å². The van der Waals surface area contributed by atoms with Gasteiger partial charge in [0.15, 0.2) is 0 Å². The standard InChI is InChI=1S/C23H31N3O2/c1-23(2,3)19-12-10-18(11-13-19)22(28)26-17-14-21(27)25-16-7-15-24-20-8-5-4-6-9-20/h4-6,8-13,24H,7,14-17H2,1-3H3,(H,25,27)(H,26,28). The van der Waals surface area contributed by atoms with Crippen LogP contribution in [-0.4, -0.2) is 31.4 Å². The van der Waals surface area contributed by atoms with Gasteiger partial charge in [0, 0.05) is 37.3 Å². The van der Waals surface area contributed by atoms with Crippen molar-refractivity contribution >= 4 is 17.5 Å². The molecule has 0 spiro atoms. The molecule has 2 aromatic carbocycles. The number of benzene rings is 2. The van der Waals surface area contributed by atoms with E-state index < -0.39 is 0 Å². The zero-order valence-corrected chi connectivity index (χ0v) is 17.0. The van der Waals surface area contributed by atoms with Crippen LogP contribution in [0.25, 0.3) is 0 Å². The summed E-state index contributed by atoms with van der Waals surface area (Å²) in [5.41, 5.74) is 2.93. The molecule has 0 bridgehead atoms. The summed E-state index contributed by atoms with van der Waals surface area (Å²) in [6.07, 6.45) is 1.12. The van der Waals surface area contributed by atoms with Crippen LogP contribution in [0.15, 0.2) is 54.6 Å². The Morgan fingerprint density at radius 1 is 0.821 bits per heavy atom. The second-order valence-corrected chi connectivity index (χ2v) is 7.83. The number of hydrogen-bond donors (Lipinski definition) is 3. The summed E-state index contributed by atoms with van der Waals surface area (Å²) in [7, 11) is 0. The molecular formula is C23H31N3O2. The molecule has 0 radical (unpaired) electrons. The summed E-state index contributed by atoms with van der Waals surface area (Å²) in [5, 5.41) is 8.97. The van der Waals surface area contributed by atoms with Gasteiger partial charge in [-0.1, -0.05) is 51.1 Å². The number of nitrogens with one attached hydrogen (secondary N) is 3. The molecule has 0 aliphatic carbocycles. The third-order valence-electron chi connectivity index (χ3n) is 4.43. The predicted molar refractivity (Wildman–Crippen MR) is 115 cm³/mol. The first-order valence-corrected chi connectivity index (χ1v) is 9.80. The number of rotatable bonds is 9. The molecule has 0 aliphatic heterocycles. The molecular weight excluding hydrogens is 350 g/mol. The number of carbonyl (C=O) groups is 2. The molecule has 2 amide bonds. The van der Waals surface area contributed by atoms with Gasteiger partial charge >= 0.3 is 0 Å². The molecule has 0 atom stereocenters. The van der Waals surface area contributed by atoms with Gasteiger partial charge in [-0.15, -0.1) is 0 Å². The SMILES string of the molecule is CC(C)(C)c1ccc(C(=O)NCCC(=O)NCCCNc2ccccc2)cc1. The monoisotopic (exact) mass is 381 g/mol. The molecule has 5 heteroatoms. The van der Waals surface area contributed by atoms with Crippen LogP contribution in [-0.2, 0) is 10.2 Å². The summed E-state index contributed by atoms with van der Waals surface area (Å²) < 4.78 is 0. The van der Waals surface area contributed by atoms with Gasteiger partial charge in [-0.2, -0.15) is 0 Å². The lowest BCUT2D eigenvalue weighted by atomic mass is 9.87. The van der Waals surface area contributed by atoms with E-state index in [9.17, 15) is 9.59 Å². The Bertz CT molecular complexity index is 750. The van der Waals surface area contributed by atoms with Gasteiger partial charge in [-0.25, -0.2) is 0 Å². The van der Waals surface area contributed by atoms with Crippen molar-refractivity contribution in [3.8, 4) is 0 Å². The van der Waals surface area contributed by atoms with Crippen LogP contribution >= 0.6 is 0 Å². The Morgan fingerprint density at radius 3 is 2.14 bits per heavy atom. The molecule has 28 heavy (non-hydrogen) atoms. The Morgan fingerprint density at radius 2 is 1.50 bits per heavy atom. The summed E-state index contributed by atoms with van der Waals surface area (Å²) in [6, 6.07) is 17.6. The normalized spacial score (nSPS) is 11.0. The Hall–Kier alpha value is -2.82. The average molecular weight is 382 g/mol. The second-order valence-electron chi connectivity index (χ2n) is 7.83. The van der Waals surface area contributed by atoms with E-state index in [0.717, 1.165) is 18.7 Å². The molecule has 3 N–H and O–H groups in total. The first kappa shape index (κ1) is 21.5. The van der Waals surface area contributed by atoms with Gasteiger partial charge in [0.1, 0.15) is 0 Å². The highest BCUT2D eigenvalue weighted by Crippen LogP contribution is 2.22. The fraction of sp³-hybridized carbons (Fsp3) is 0.391. The summed E-state index contributed by atoms with van der Waals surface area (Å²) in [5.74, 6) is -0.205. The third-order valence-corrected chi connectivity index (χ3v) is 4.43. The minimum absolute atomic E-state index is 0.0527. The van der Waals surface area contributed by atoms with E-state index in [1.807, 2.05) is 54.6 Å². The van der Waals surface area contributed by atoms with Crippen LogP contribution < -0.4 is 16.0 Å². The fourth-order valence-corrected chi connectivity index (χ4v) is 2.71. The third kappa shape index (κ3) is 7.43. The quantitative estimate of drug-likeness (QED) is 0.580. The molecule has 0 unspecified atom stereocenters. The van der Waals surface area contributed by atoms with Crippen LogP contribution in [0.1, 0.15) is 49.5 Å². The first-order valence-electron chi connectivity index (χ1n) is 9.80. The van der Waals surface area contributed by atoms with Gasteiger partial charge in [-0.3, -0.25) is 9.59 Å². The van der Waals surface area contributed by atoms with E-state index in [2.05, 4.69) is 36.7 Å². The van der Waals surface area contributed by atoms with Crippen molar-refractivity contribution in [3.05, 3.63) is 65.7 Å². The first-order chi connectivity index (χ1) is 13.4. The Balaban J connectivity index is 1.59. The van der Waals surface area contributed by atoms with Crippen LogP contribution in [0.5, 0.6) is 0 Å². The van der Waals surface area contributed by atoms with E-state index in [1.165, 1.54) is 5.56 Å². The maximum Gasteiger partial charge on any atom is 0.251 e. The summed E-state index contributed by atoms with van der Waals surface area (Å²) in [6.45, 7) is 8.15. The van der Waals surface area contributed by atoms with Gasteiger partial charge in [0.25, 0.3) is 5.91 Å². The molecule has 0 aromatic heterocycles. The van der Waals surface area contributed by atoms with E-state index >= 15 is 0 Å². The topological polar surface area (TPSA) is 70.2 Å². The Kier molecular flexibility index (Phi) is 8.05. The van der Waals surface area contributed by atoms with Crippen molar-refractivity contribution in [2.24, 2.45) is 0 Å². The fourth-order valence-electron chi connectivity index (χ4n) is 2.71. The van der Waals surface area contributed by atoms with Crippen molar-refractivity contribution in [1.29, 1.82) is 0 Å². The van der Waals surface area contributed by atoms with Crippen LogP contribution in [0.3, 0.4) is 0 Å². The highest BCUT2D eigenvalue weighted by atomic mass is 16.2. The average Bonchev–Trinajstić information content (AvgIpc) is 2.68. The second kappa shape index (κ2) is 10.5. The lowest BCUT2D eigenvalue weighted by Gasteiger charge is -2.19. The van der Waals surface area contributed by atoms with E-state index in [1.54, 1.807) is 0 Å². The highest BCUT2D eigenvalue weighted by molar-refractivity contribution is 5.94. The van der Waals surface area contributed by atoms with Gasteiger partial charge < -0.3 is 16.0 Å². The molecule has 2 aromatic rings. The Labute approximate surface area is 167 Å². The van der Waals surface area contributed by atoms with Gasteiger partial charge in [0.05, 0.1) is 0 Å². The number of hydrogen-bond acceptors (Lipinski definition) is 3. The lowest BCUT2D eigenvalue weighted by Crippen LogP contribution is -2.31. The van der Waals surface area contributed by atoms with E-state index in [-0.39, 0.29) is 23.7 Å². The van der Waals surface area contributed by atoms with E-state index in [0.29, 0.717) is 18.7 Å². The largest absolute Gasteiger partial charge is 0.385 e. The maximum absolute atomic E-state index is 12.2. The molecule has 0 aliphatic rings. The van der Waals surface area contributed by atoms with E-state index in [4.69, 9.17) is 0 Å². The molecule has 0 saturated carbocycles. The van der Waals surface area contributed by atoms with Crippen LogP contribution in [0.2, 0.25) is 0 Å². The minimum Gasteiger partial charge on any atom is -0.385 e. The zero-order chi connectivity index (χ0) is 20.4. The summed E-state index contributed by atoms with van der Waals surface area (Å²) >= 11 is 0. The molecule has 150 valence electrons. The number of carbonyl (C=O) groups excluding carboxylic acids is 2. The highest BCUT2D eigenvalue weighted by Gasteiger charge is 2.14. The number of amides is 2. The van der Waals surface area contributed by atoms with Crippen molar-refractivity contribution in [3.63, 3.8) is 0 Å². The number of anilines is 1. The molecule has 0 saturated heterocycles. The molecule has 0 heterocycles. The minimum atomic E-state index is -0.152. The van der Waals surface area contributed by atoms with Crippen LogP contribution in [0, 0.1) is 0 Å². The van der Waals surface area contributed by atoms with Gasteiger partial charge in [-0.05, 0) is 41.7 Å².